The molecular formula is C21H23NO3. The maximum atomic E-state index is 12.9. The molecule has 1 heterocycles. The van der Waals surface area contributed by atoms with Gasteiger partial charge in [-0.2, -0.15) is 0 Å². The Balaban J connectivity index is 1.84. The number of carbonyl (C=O) groups is 1. The van der Waals surface area contributed by atoms with Crippen LogP contribution in [-0.4, -0.2) is 26.2 Å². The van der Waals surface area contributed by atoms with Crippen LogP contribution in [0.4, 0.5) is 5.69 Å². The van der Waals surface area contributed by atoms with E-state index in [-0.39, 0.29) is 5.91 Å². The lowest BCUT2D eigenvalue weighted by molar-refractivity contribution is -0.112. The average molecular weight is 337 g/mol. The third-order valence-electron chi connectivity index (χ3n) is 4.24. The molecule has 0 radical (unpaired) electrons. The fourth-order valence-electron chi connectivity index (χ4n) is 2.85. The van der Waals surface area contributed by atoms with E-state index in [1.807, 2.05) is 55.5 Å². The Kier molecular flexibility index (Phi) is 5.08. The minimum Gasteiger partial charge on any atom is -0.493 e. The van der Waals surface area contributed by atoms with Gasteiger partial charge in [-0.15, -0.1) is 0 Å². The second-order valence-corrected chi connectivity index (χ2v) is 6.08. The van der Waals surface area contributed by atoms with Gasteiger partial charge in [-0.1, -0.05) is 42.8 Å². The molecule has 0 spiro atoms. The van der Waals surface area contributed by atoms with Crippen molar-refractivity contribution < 1.29 is 14.3 Å². The van der Waals surface area contributed by atoms with Crippen LogP contribution < -0.4 is 14.4 Å². The maximum Gasteiger partial charge on any atom is 0.258 e. The summed E-state index contributed by atoms with van der Waals surface area (Å²) in [6.45, 7) is 5.26. The van der Waals surface area contributed by atoms with Crippen LogP contribution in [0.2, 0.25) is 0 Å². The number of hydrogen-bond acceptors (Lipinski definition) is 3. The highest BCUT2D eigenvalue weighted by atomic mass is 16.5. The summed E-state index contributed by atoms with van der Waals surface area (Å²) < 4.78 is 11.1. The molecule has 2 aromatic rings. The summed E-state index contributed by atoms with van der Waals surface area (Å²) in [4.78, 5) is 14.6. The summed E-state index contributed by atoms with van der Waals surface area (Å²) >= 11 is 0. The monoisotopic (exact) mass is 337 g/mol. The molecule has 1 aliphatic heterocycles. The molecule has 0 aromatic heterocycles. The molecule has 4 nitrogen and oxygen atoms in total. The van der Waals surface area contributed by atoms with Gasteiger partial charge in [-0.25, -0.2) is 0 Å². The summed E-state index contributed by atoms with van der Waals surface area (Å²) in [7, 11) is 1.62. The first kappa shape index (κ1) is 17.1. The highest BCUT2D eigenvalue weighted by Gasteiger charge is 2.26. The number of rotatable bonds is 6. The van der Waals surface area contributed by atoms with E-state index >= 15 is 0 Å². The fraction of sp³-hybridized carbons (Fsp3) is 0.286. The Morgan fingerprint density at radius 1 is 1.08 bits per heavy atom. The number of benzene rings is 2. The lowest BCUT2D eigenvalue weighted by Gasteiger charge is -2.19. The number of hydrogen-bond donors (Lipinski definition) is 0. The quantitative estimate of drug-likeness (QED) is 0.792. The highest BCUT2D eigenvalue weighted by molar-refractivity contribution is 6.28. The summed E-state index contributed by atoms with van der Waals surface area (Å²) in [5.74, 6) is 1.35. The van der Waals surface area contributed by atoms with Crippen LogP contribution in [0.3, 0.4) is 0 Å². The van der Waals surface area contributed by atoms with Gasteiger partial charge in [0, 0.05) is 23.9 Å². The van der Waals surface area contributed by atoms with Gasteiger partial charge >= 0.3 is 0 Å². The van der Waals surface area contributed by atoms with Crippen molar-refractivity contribution in [3.05, 3.63) is 59.7 Å². The van der Waals surface area contributed by atoms with E-state index in [0.717, 1.165) is 23.2 Å². The molecule has 0 bridgehead atoms. The van der Waals surface area contributed by atoms with E-state index in [1.165, 1.54) is 5.56 Å². The Morgan fingerprint density at radius 3 is 2.52 bits per heavy atom. The molecule has 130 valence electrons. The molecule has 0 atom stereocenters. The smallest absolute Gasteiger partial charge is 0.258 e. The normalized spacial score (nSPS) is 13.8. The fourth-order valence-corrected chi connectivity index (χ4v) is 2.85. The zero-order valence-electron chi connectivity index (χ0n) is 14.9. The van der Waals surface area contributed by atoms with Crippen molar-refractivity contribution in [2.75, 3.05) is 25.2 Å². The van der Waals surface area contributed by atoms with Gasteiger partial charge in [0.05, 0.1) is 13.7 Å². The number of carbonyl (C=O) groups excluding carboxylic acids is 1. The van der Waals surface area contributed by atoms with Crippen LogP contribution in [0.1, 0.15) is 24.5 Å². The molecule has 0 N–H and O–H groups in total. The molecule has 3 rings (SSSR count). The second-order valence-electron chi connectivity index (χ2n) is 6.08. The molecule has 1 aliphatic rings. The number of aryl methyl sites for hydroxylation is 1. The van der Waals surface area contributed by atoms with Crippen molar-refractivity contribution in [3.63, 3.8) is 0 Å². The molecule has 4 heteroatoms. The van der Waals surface area contributed by atoms with Crippen LogP contribution in [-0.2, 0) is 4.79 Å². The first-order chi connectivity index (χ1) is 12.1. The van der Waals surface area contributed by atoms with Crippen LogP contribution in [0.5, 0.6) is 11.5 Å². The highest BCUT2D eigenvalue weighted by Crippen LogP contribution is 2.34. The topological polar surface area (TPSA) is 38.8 Å². The first-order valence-electron chi connectivity index (χ1n) is 8.54. The van der Waals surface area contributed by atoms with Crippen LogP contribution >= 0.6 is 0 Å². The largest absolute Gasteiger partial charge is 0.493 e. The van der Waals surface area contributed by atoms with E-state index in [1.54, 1.807) is 12.0 Å². The zero-order chi connectivity index (χ0) is 17.8. The van der Waals surface area contributed by atoms with Crippen molar-refractivity contribution in [3.8, 4) is 11.5 Å². The lowest BCUT2D eigenvalue weighted by Crippen LogP contribution is -2.26. The molecule has 0 saturated carbocycles. The molecule has 1 amide bonds. The standard InChI is InChI=1S/C21H23NO3/c1-4-13-25-20-14-17(9-10-19(20)24-3)22-12-11-18(21(22)23)16-7-5-15(2)6-8-16/h5-11,14H,4,12-13H2,1-3H3. The van der Waals surface area contributed by atoms with Gasteiger partial charge in [0.25, 0.3) is 5.91 Å². The van der Waals surface area contributed by atoms with Gasteiger partial charge < -0.3 is 14.4 Å². The van der Waals surface area contributed by atoms with E-state index in [4.69, 9.17) is 9.47 Å². The van der Waals surface area contributed by atoms with Crippen molar-refractivity contribution in [1.82, 2.24) is 0 Å². The summed E-state index contributed by atoms with van der Waals surface area (Å²) in [5, 5.41) is 0. The predicted molar refractivity (Wildman–Crippen MR) is 100 cm³/mol. The lowest BCUT2D eigenvalue weighted by atomic mass is 10.0. The predicted octanol–water partition coefficient (Wildman–Crippen LogP) is 4.22. The van der Waals surface area contributed by atoms with Gasteiger partial charge in [0.1, 0.15) is 0 Å². The Morgan fingerprint density at radius 2 is 1.84 bits per heavy atom. The number of nitrogens with zero attached hydrogens (tertiary/aromatic N) is 1. The number of amides is 1. The Hall–Kier alpha value is -2.75. The molecular weight excluding hydrogens is 314 g/mol. The van der Waals surface area contributed by atoms with Gasteiger partial charge in [0.2, 0.25) is 0 Å². The molecule has 0 unspecified atom stereocenters. The zero-order valence-corrected chi connectivity index (χ0v) is 14.9. The Bertz CT molecular complexity index is 793. The minimum atomic E-state index is 0.00969. The molecule has 2 aromatic carbocycles. The van der Waals surface area contributed by atoms with E-state index in [0.29, 0.717) is 24.7 Å². The van der Waals surface area contributed by atoms with Crippen molar-refractivity contribution >= 4 is 17.2 Å². The van der Waals surface area contributed by atoms with E-state index < -0.39 is 0 Å². The third-order valence-corrected chi connectivity index (χ3v) is 4.24. The second kappa shape index (κ2) is 7.43. The van der Waals surface area contributed by atoms with Crippen molar-refractivity contribution in [1.29, 1.82) is 0 Å². The summed E-state index contributed by atoms with van der Waals surface area (Å²) in [5.41, 5.74) is 3.69. The minimum absolute atomic E-state index is 0.00969. The van der Waals surface area contributed by atoms with E-state index in [9.17, 15) is 4.79 Å². The van der Waals surface area contributed by atoms with Crippen molar-refractivity contribution in [2.24, 2.45) is 0 Å². The van der Waals surface area contributed by atoms with Gasteiger partial charge in [-0.3, -0.25) is 4.79 Å². The van der Waals surface area contributed by atoms with Gasteiger partial charge in [-0.05, 0) is 31.0 Å². The van der Waals surface area contributed by atoms with Crippen LogP contribution in [0.25, 0.3) is 5.57 Å². The SMILES string of the molecule is CCCOc1cc(N2CC=C(c3ccc(C)cc3)C2=O)ccc1OC. The van der Waals surface area contributed by atoms with Gasteiger partial charge in [0.15, 0.2) is 11.5 Å². The number of methoxy groups -OCH3 is 1. The van der Waals surface area contributed by atoms with E-state index in [2.05, 4.69) is 6.92 Å². The maximum absolute atomic E-state index is 12.9. The molecule has 0 fully saturated rings. The number of ether oxygens (including phenoxy) is 2. The average Bonchev–Trinajstić information content (AvgIpc) is 3.02. The van der Waals surface area contributed by atoms with Crippen LogP contribution in [0.15, 0.2) is 48.5 Å². The van der Waals surface area contributed by atoms with Crippen molar-refractivity contribution in [2.45, 2.75) is 20.3 Å². The summed E-state index contributed by atoms with van der Waals surface area (Å²) in [6.07, 6.45) is 2.89. The summed E-state index contributed by atoms with van der Waals surface area (Å²) in [6, 6.07) is 13.6. The molecule has 25 heavy (non-hydrogen) atoms. The van der Waals surface area contributed by atoms with Crippen LogP contribution in [0, 0.1) is 6.92 Å². The first-order valence-corrected chi connectivity index (χ1v) is 8.54. The number of anilines is 1. The molecule has 0 saturated heterocycles. The Labute approximate surface area is 148 Å². The third kappa shape index (κ3) is 3.53. The molecule has 0 aliphatic carbocycles.